The summed E-state index contributed by atoms with van der Waals surface area (Å²) in [5.74, 6) is -2.05. The van der Waals surface area contributed by atoms with E-state index in [-0.39, 0.29) is 18.3 Å². The first-order chi connectivity index (χ1) is 7.84. The van der Waals surface area contributed by atoms with Crippen LogP contribution in [-0.4, -0.2) is 28.5 Å². The van der Waals surface area contributed by atoms with Crippen LogP contribution in [0.3, 0.4) is 0 Å². The summed E-state index contributed by atoms with van der Waals surface area (Å²) in [4.78, 5) is 17.7. The molecule has 5 nitrogen and oxygen atoms in total. The number of alkyl halides is 3. The molecule has 0 aromatic carbocycles. The van der Waals surface area contributed by atoms with E-state index in [2.05, 4.69) is 15.3 Å². The van der Waals surface area contributed by atoms with Crippen molar-refractivity contribution in [2.75, 3.05) is 6.54 Å². The predicted molar refractivity (Wildman–Crippen MR) is 53.0 cm³/mol. The van der Waals surface area contributed by atoms with E-state index in [1.54, 1.807) is 6.92 Å². The van der Waals surface area contributed by atoms with Crippen LogP contribution >= 0.6 is 0 Å². The Morgan fingerprint density at radius 1 is 1.59 bits per heavy atom. The lowest BCUT2D eigenvalue weighted by Gasteiger charge is -2.11. The molecule has 0 aliphatic carbocycles. The number of aromatic nitrogens is 2. The van der Waals surface area contributed by atoms with Gasteiger partial charge >= 0.3 is 6.18 Å². The minimum Gasteiger partial charge on any atom is -0.347 e. The van der Waals surface area contributed by atoms with Crippen LogP contribution in [0.15, 0.2) is 12.3 Å². The second kappa shape index (κ2) is 5.09. The standard InChI is InChI=1S/C9H11F3N4O/c1-5(4-13)15-7(17)6-2-3-14-8(16-6)9(10,11)12/h2-3,5H,4,13H2,1H3,(H,15,17). The zero-order valence-electron chi connectivity index (χ0n) is 8.95. The molecule has 1 heterocycles. The Hall–Kier alpha value is -1.70. The highest BCUT2D eigenvalue weighted by Gasteiger charge is 2.35. The van der Waals surface area contributed by atoms with Crippen LogP contribution in [0.25, 0.3) is 0 Å². The van der Waals surface area contributed by atoms with Gasteiger partial charge in [-0.05, 0) is 13.0 Å². The first-order valence-corrected chi connectivity index (χ1v) is 4.75. The van der Waals surface area contributed by atoms with Crippen molar-refractivity contribution in [3.8, 4) is 0 Å². The Morgan fingerprint density at radius 3 is 2.76 bits per heavy atom. The summed E-state index contributed by atoms with van der Waals surface area (Å²) in [6.07, 6.45) is -3.78. The third kappa shape index (κ3) is 3.66. The number of hydrogen-bond donors (Lipinski definition) is 2. The Kier molecular flexibility index (Phi) is 4.00. The van der Waals surface area contributed by atoms with E-state index >= 15 is 0 Å². The van der Waals surface area contributed by atoms with Crippen molar-refractivity contribution >= 4 is 5.91 Å². The third-order valence-corrected chi connectivity index (χ3v) is 1.87. The van der Waals surface area contributed by atoms with Gasteiger partial charge in [-0.3, -0.25) is 4.79 Å². The summed E-state index contributed by atoms with van der Waals surface area (Å²) in [6.45, 7) is 1.81. The molecule has 1 aromatic rings. The van der Waals surface area contributed by atoms with Crippen LogP contribution in [0.5, 0.6) is 0 Å². The number of amides is 1. The van der Waals surface area contributed by atoms with Gasteiger partial charge in [0.1, 0.15) is 5.69 Å². The molecule has 1 amide bonds. The molecule has 0 fully saturated rings. The number of hydrogen-bond acceptors (Lipinski definition) is 4. The lowest BCUT2D eigenvalue weighted by molar-refractivity contribution is -0.145. The SMILES string of the molecule is CC(CN)NC(=O)c1ccnc(C(F)(F)F)n1. The fraction of sp³-hybridized carbons (Fsp3) is 0.444. The van der Waals surface area contributed by atoms with Gasteiger partial charge in [-0.2, -0.15) is 13.2 Å². The molecule has 1 unspecified atom stereocenters. The molecule has 0 saturated heterocycles. The van der Waals surface area contributed by atoms with Crippen molar-refractivity contribution in [3.05, 3.63) is 23.8 Å². The van der Waals surface area contributed by atoms with Gasteiger partial charge in [0.2, 0.25) is 5.82 Å². The van der Waals surface area contributed by atoms with E-state index in [4.69, 9.17) is 5.73 Å². The van der Waals surface area contributed by atoms with E-state index in [0.29, 0.717) is 0 Å². The smallest absolute Gasteiger partial charge is 0.347 e. The molecule has 0 aliphatic rings. The molecule has 3 N–H and O–H groups in total. The van der Waals surface area contributed by atoms with Gasteiger partial charge in [-0.25, -0.2) is 9.97 Å². The molecule has 0 bridgehead atoms. The van der Waals surface area contributed by atoms with Crippen LogP contribution < -0.4 is 11.1 Å². The molecule has 0 spiro atoms. The van der Waals surface area contributed by atoms with Crippen LogP contribution in [-0.2, 0) is 6.18 Å². The number of nitrogens with one attached hydrogen (secondary N) is 1. The van der Waals surface area contributed by atoms with Gasteiger partial charge in [-0.1, -0.05) is 0 Å². The number of carbonyl (C=O) groups excluding carboxylic acids is 1. The zero-order chi connectivity index (χ0) is 13.1. The summed E-state index contributed by atoms with van der Waals surface area (Å²) in [6, 6.07) is 0.764. The Balaban J connectivity index is 2.89. The van der Waals surface area contributed by atoms with Gasteiger partial charge in [0.25, 0.3) is 5.91 Å². The minimum absolute atomic E-state index is 0.183. The zero-order valence-corrected chi connectivity index (χ0v) is 8.95. The fourth-order valence-electron chi connectivity index (χ4n) is 0.978. The molecule has 0 saturated carbocycles. The van der Waals surface area contributed by atoms with E-state index in [1.807, 2.05) is 0 Å². The Morgan fingerprint density at radius 2 is 2.24 bits per heavy atom. The molecule has 8 heteroatoms. The van der Waals surface area contributed by atoms with Crippen molar-refractivity contribution in [3.63, 3.8) is 0 Å². The number of halogens is 3. The predicted octanol–water partition coefficient (Wildman–Crippen LogP) is 0.572. The van der Waals surface area contributed by atoms with E-state index in [9.17, 15) is 18.0 Å². The molecular formula is C9H11F3N4O. The van der Waals surface area contributed by atoms with Crippen molar-refractivity contribution in [1.82, 2.24) is 15.3 Å². The monoisotopic (exact) mass is 248 g/mol. The highest BCUT2D eigenvalue weighted by atomic mass is 19.4. The summed E-state index contributed by atoms with van der Waals surface area (Å²) >= 11 is 0. The number of rotatable bonds is 3. The molecule has 1 rings (SSSR count). The van der Waals surface area contributed by atoms with E-state index < -0.39 is 17.9 Å². The van der Waals surface area contributed by atoms with E-state index in [0.717, 1.165) is 12.3 Å². The first-order valence-electron chi connectivity index (χ1n) is 4.75. The molecule has 0 radical (unpaired) electrons. The Bertz CT molecular complexity index is 407. The average Bonchev–Trinajstić information content (AvgIpc) is 2.28. The van der Waals surface area contributed by atoms with Crippen molar-refractivity contribution in [2.45, 2.75) is 19.1 Å². The van der Waals surface area contributed by atoms with Gasteiger partial charge in [0, 0.05) is 18.8 Å². The quantitative estimate of drug-likeness (QED) is 0.819. The lowest BCUT2D eigenvalue weighted by Crippen LogP contribution is -2.38. The second-order valence-electron chi connectivity index (χ2n) is 3.37. The molecule has 0 aliphatic heterocycles. The number of nitrogens with two attached hydrogens (primary N) is 1. The average molecular weight is 248 g/mol. The molecule has 1 atom stereocenters. The maximum Gasteiger partial charge on any atom is 0.451 e. The molecule has 17 heavy (non-hydrogen) atoms. The molecule has 1 aromatic heterocycles. The van der Waals surface area contributed by atoms with Crippen LogP contribution in [0.1, 0.15) is 23.2 Å². The minimum atomic E-state index is -4.67. The largest absolute Gasteiger partial charge is 0.451 e. The summed E-state index contributed by atoms with van der Waals surface area (Å²) in [7, 11) is 0. The van der Waals surface area contributed by atoms with Crippen LogP contribution in [0.2, 0.25) is 0 Å². The van der Waals surface area contributed by atoms with Crippen LogP contribution in [0.4, 0.5) is 13.2 Å². The maximum absolute atomic E-state index is 12.3. The highest BCUT2D eigenvalue weighted by Crippen LogP contribution is 2.25. The second-order valence-corrected chi connectivity index (χ2v) is 3.37. The highest BCUT2D eigenvalue weighted by molar-refractivity contribution is 5.92. The number of carbonyl (C=O) groups is 1. The van der Waals surface area contributed by atoms with Crippen molar-refractivity contribution in [2.24, 2.45) is 5.73 Å². The summed E-state index contributed by atoms with van der Waals surface area (Å²) in [5, 5.41) is 2.40. The van der Waals surface area contributed by atoms with Crippen molar-refractivity contribution < 1.29 is 18.0 Å². The van der Waals surface area contributed by atoms with Crippen LogP contribution in [0, 0.1) is 0 Å². The van der Waals surface area contributed by atoms with Crippen molar-refractivity contribution in [1.29, 1.82) is 0 Å². The Labute approximate surface area is 95.2 Å². The molecule has 94 valence electrons. The lowest BCUT2D eigenvalue weighted by atomic mass is 10.3. The molecular weight excluding hydrogens is 237 g/mol. The topological polar surface area (TPSA) is 80.9 Å². The van der Waals surface area contributed by atoms with Gasteiger partial charge in [0.15, 0.2) is 0 Å². The van der Waals surface area contributed by atoms with Gasteiger partial charge in [-0.15, -0.1) is 0 Å². The maximum atomic E-state index is 12.3. The summed E-state index contributed by atoms with van der Waals surface area (Å²) in [5.41, 5.74) is 4.93. The van der Waals surface area contributed by atoms with E-state index in [1.165, 1.54) is 0 Å². The van der Waals surface area contributed by atoms with Gasteiger partial charge < -0.3 is 11.1 Å². The number of nitrogens with zero attached hydrogens (tertiary/aromatic N) is 2. The summed E-state index contributed by atoms with van der Waals surface area (Å²) < 4.78 is 36.8. The third-order valence-electron chi connectivity index (χ3n) is 1.87. The fourth-order valence-corrected chi connectivity index (χ4v) is 0.978. The normalized spacial score (nSPS) is 13.2. The van der Waals surface area contributed by atoms with Gasteiger partial charge in [0.05, 0.1) is 0 Å². The first kappa shape index (κ1) is 13.4.